The van der Waals surface area contributed by atoms with E-state index < -0.39 is 24.8 Å². The average molecular weight is 764 g/mol. The number of aryl methyl sites for hydroxylation is 1. The summed E-state index contributed by atoms with van der Waals surface area (Å²) in [4.78, 5) is 25.1. The highest BCUT2D eigenvalue weighted by molar-refractivity contribution is 6.99. The van der Waals surface area contributed by atoms with Crippen LogP contribution < -0.4 is 15.1 Å². The first kappa shape index (κ1) is 39.8. The minimum Gasteiger partial charge on any atom is -0.478 e. The van der Waals surface area contributed by atoms with Gasteiger partial charge in [-0.3, -0.25) is 10.1 Å². The molecular weight excluding hydrogens is 715 g/mol. The maximum absolute atomic E-state index is 13.2. The molecule has 0 amide bonds. The Morgan fingerprint density at radius 3 is 1.52 bits per heavy atom. The molecule has 0 saturated heterocycles. The van der Waals surface area contributed by atoms with Crippen molar-refractivity contribution < 1.29 is 24.0 Å². The predicted molar refractivity (Wildman–Crippen MR) is 226 cm³/mol. The Kier molecular flexibility index (Phi) is 12.3. The van der Waals surface area contributed by atoms with Crippen molar-refractivity contribution in [3.8, 4) is 5.75 Å². The van der Waals surface area contributed by atoms with Gasteiger partial charge in [-0.15, -0.1) is 0 Å². The molecular formula is C48H49NO6Si. The molecule has 6 aromatic rings. The van der Waals surface area contributed by atoms with Crippen molar-refractivity contribution >= 4 is 30.3 Å². The first-order valence-electron chi connectivity index (χ1n) is 19.2. The first-order valence-corrected chi connectivity index (χ1v) is 21.1. The van der Waals surface area contributed by atoms with E-state index in [0.29, 0.717) is 18.4 Å². The number of ether oxygens (including phenoxy) is 1. The highest BCUT2D eigenvalue weighted by atomic mass is 28.4. The van der Waals surface area contributed by atoms with Gasteiger partial charge in [0.15, 0.2) is 5.60 Å². The lowest BCUT2D eigenvalue weighted by Crippen LogP contribution is -2.67. The number of carboxylic acid groups (broad SMARTS) is 1. The first-order chi connectivity index (χ1) is 27.0. The molecule has 0 aromatic heterocycles. The minimum atomic E-state index is -2.76. The number of carbonyl (C=O) groups is 1. The standard InChI is InChI=1S/C48H49NO6Si/c1-36(55-56(47(2,3)4,42-30-16-8-17-31-42)43-32-18-9-19-33-43)22-20-21-23-37-34-41(49(52)53)35-44(45(37)46(50)51)54-48(38-24-10-5-11-25-38,39-26-12-6-13-27-39)40-28-14-7-15-29-40/h5-19,24-36H,20-23H2,1-4H3,(H,50,51)/t36-/m0/s1. The summed E-state index contributed by atoms with van der Waals surface area (Å²) < 4.78 is 14.3. The summed E-state index contributed by atoms with van der Waals surface area (Å²) in [7, 11) is -2.76. The van der Waals surface area contributed by atoms with E-state index in [1.807, 2.05) is 103 Å². The zero-order chi connectivity index (χ0) is 39.8. The van der Waals surface area contributed by atoms with Crippen LogP contribution in [0.3, 0.4) is 0 Å². The molecule has 0 heterocycles. The van der Waals surface area contributed by atoms with Crippen molar-refractivity contribution in [3.63, 3.8) is 0 Å². The molecule has 0 saturated carbocycles. The van der Waals surface area contributed by atoms with Crippen LogP contribution in [0, 0.1) is 10.1 Å². The second-order valence-corrected chi connectivity index (χ2v) is 19.5. The lowest BCUT2D eigenvalue weighted by molar-refractivity contribution is -0.385. The molecule has 0 unspecified atom stereocenters. The van der Waals surface area contributed by atoms with Crippen molar-refractivity contribution in [2.24, 2.45) is 0 Å². The summed E-state index contributed by atoms with van der Waals surface area (Å²) in [5, 5.41) is 25.4. The molecule has 1 N–H and O–H groups in total. The molecule has 7 nitrogen and oxygen atoms in total. The number of hydrogen-bond acceptors (Lipinski definition) is 5. The molecule has 8 heteroatoms. The van der Waals surface area contributed by atoms with E-state index in [2.05, 4.69) is 76.2 Å². The minimum absolute atomic E-state index is 0.0679. The molecule has 0 fully saturated rings. The summed E-state index contributed by atoms with van der Waals surface area (Å²) in [5.41, 5.74) is 0.954. The monoisotopic (exact) mass is 763 g/mol. The Balaban J connectivity index is 1.33. The topological polar surface area (TPSA) is 98.9 Å². The van der Waals surface area contributed by atoms with E-state index in [-0.39, 0.29) is 28.1 Å². The van der Waals surface area contributed by atoms with Crippen LogP contribution in [0.4, 0.5) is 5.69 Å². The number of rotatable bonds is 16. The van der Waals surface area contributed by atoms with Crippen LogP contribution in [0.5, 0.6) is 5.75 Å². The van der Waals surface area contributed by atoms with Gasteiger partial charge < -0.3 is 14.3 Å². The maximum Gasteiger partial charge on any atom is 0.339 e. The molecule has 0 aliphatic heterocycles. The van der Waals surface area contributed by atoms with Gasteiger partial charge in [0.05, 0.1) is 11.0 Å². The molecule has 286 valence electrons. The number of benzene rings is 6. The third-order valence-corrected chi connectivity index (χ3v) is 15.7. The summed E-state index contributed by atoms with van der Waals surface area (Å²) in [5.74, 6) is -1.28. The van der Waals surface area contributed by atoms with E-state index in [4.69, 9.17) is 9.16 Å². The molecule has 6 rings (SSSR count). The molecule has 0 spiro atoms. The molecule has 1 atom stereocenters. The van der Waals surface area contributed by atoms with Crippen LogP contribution in [0.1, 0.15) is 79.6 Å². The van der Waals surface area contributed by atoms with Crippen LogP contribution in [-0.2, 0) is 16.4 Å². The Morgan fingerprint density at radius 2 is 1.12 bits per heavy atom. The third-order valence-electron chi connectivity index (χ3n) is 10.5. The summed E-state index contributed by atoms with van der Waals surface area (Å²) >= 11 is 0. The molecule has 6 aromatic carbocycles. The van der Waals surface area contributed by atoms with Gasteiger partial charge in [0, 0.05) is 28.9 Å². The maximum atomic E-state index is 13.2. The summed E-state index contributed by atoms with van der Waals surface area (Å²) in [6.45, 7) is 8.87. The number of nitrogens with zero attached hydrogens (tertiary/aromatic N) is 1. The van der Waals surface area contributed by atoms with E-state index in [0.717, 1.165) is 29.5 Å². The smallest absolute Gasteiger partial charge is 0.339 e. The number of unbranched alkanes of at least 4 members (excludes halogenated alkanes) is 1. The van der Waals surface area contributed by atoms with Gasteiger partial charge >= 0.3 is 5.97 Å². The van der Waals surface area contributed by atoms with Crippen molar-refractivity contribution in [2.75, 3.05) is 0 Å². The van der Waals surface area contributed by atoms with Gasteiger partial charge in [-0.1, -0.05) is 179 Å². The Hall–Kier alpha value is -5.83. The highest BCUT2D eigenvalue weighted by Gasteiger charge is 2.51. The molecule has 0 aliphatic carbocycles. The van der Waals surface area contributed by atoms with E-state index in [9.17, 15) is 20.0 Å². The number of aromatic carboxylic acids is 1. The molecule has 0 aliphatic rings. The molecule has 0 radical (unpaired) electrons. The largest absolute Gasteiger partial charge is 0.478 e. The van der Waals surface area contributed by atoms with Gasteiger partial charge in [-0.25, -0.2) is 4.79 Å². The van der Waals surface area contributed by atoms with Gasteiger partial charge in [0.1, 0.15) is 11.3 Å². The fourth-order valence-corrected chi connectivity index (χ4v) is 12.7. The Morgan fingerprint density at radius 1 is 0.696 bits per heavy atom. The van der Waals surface area contributed by atoms with Crippen LogP contribution in [0.15, 0.2) is 164 Å². The average Bonchev–Trinajstić information content (AvgIpc) is 3.21. The van der Waals surface area contributed by atoms with Gasteiger partial charge in [-0.2, -0.15) is 0 Å². The van der Waals surface area contributed by atoms with Crippen molar-refractivity contribution in [2.45, 2.75) is 70.1 Å². The van der Waals surface area contributed by atoms with Crippen LogP contribution >= 0.6 is 0 Å². The van der Waals surface area contributed by atoms with Crippen molar-refractivity contribution in [1.82, 2.24) is 0 Å². The second-order valence-electron chi connectivity index (χ2n) is 15.3. The number of non-ortho nitro benzene ring substituents is 1. The summed E-state index contributed by atoms with van der Waals surface area (Å²) in [6.07, 6.45) is 2.24. The zero-order valence-electron chi connectivity index (χ0n) is 32.4. The highest BCUT2D eigenvalue weighted by Crippen LogP contribution is 2.44. The Labute approximate surface area is 330 Å². The predicted octanol–water partition coefficient (Wildman–Crippen LogP) is 10.3. The lowest BCUT2D eigenvalue weighted by atomic mass is 9.80. The van der Waals surface area contributed by atoms with Crippen molar-refractivity contribution in [1.29, 1.82) is 0 Å². The number of carboxylic acids is 1. The van der Waals surface area contributed by atoms with E-state index in [1.165, 1.54) is 22.5 Å². The van der Waals surface area contributed by atoms with Crippen LogP contribution in [0.25, 0.3) is 0 Å². The lowest BCUT2D eigenvalue weighted by Gasteiger charge is -2.44. The molecule has 56 heavy (non-hydrogen) atoms. The third kappa shape index (κ3) is 8.22. The van der Waals surface area contributed by atoms with Gasteiger partial charge in [0.2, 0.25) is 0 Å². The van der Waals surface area contributed by atoms with Crippen molar-refractivity contribution in [3.05, 3.63) is 202 Å². The van der Waals surface area contributed by atoms with Gasteiger partial charge in [0.25, 0.3) is 14.0 Å². The van der Waals surface area contributed by atoms with Crippen LogP contribution in [0.2, 0.25) is 5.04 Å². The quantitative estimate of drug-likeness (QED) is 0.0347. The van der Waals surface area contributed by atoms with E-state index in [1.54, 1.807) is 0 Å². The Bertz CT molecular complexity index is 2070. The SMILES string of the molecule is C[C@@H](CCCCc1cc([N+](=O)[O-])cc(OC(c2ccccc2)(c2ccccc2)c2ccccc2)c1C(=O)O)O[Si](c1ccccc1)(c1ccccc1)C(C)(C)C. The second kappa shape index (κ2) is 17.3. The summed E-state index contributed by atoms with van der Waals surface area (Å²) in [6, 6.07) is 52.3. The van der Waals surface area contributed by atoms with E-state index >= 15 is 0 Å². The fourth-order valence-electron chi connectivity index (χ4n) is 7.94. The normalized spacial score (nSPS) is 12.5. The fraction of sp³-hybridized carbons (Fsp3) is 0.229. The molecule has 0 bridgehead atoms. The number of nitro groups is 1. The van der Waals surface area contributed by atoms with Gasteiger partial charge in [-0.05, 0) is 47.2 Å². The number of hydrogen-bond donors (Lipinski definition) is 1. The zero-order valence-corrected chi connectivity index (χ0v) is 33.4. The number of nitro benzene ring substituents is 1. The van der Waals surface area contributed by atoms with Crippen LogP contribution in [-0.4, -0.2) is 30.4 Å².